The lowest BCUT2D eigenvalue weighted by Crippen LogP contribution is -2.37. The lowest BCUT2D eigenvalue weighted by Gasteiger charge is -2.28. The van der Waals surface area contributed by atoms with Gasteiger partial charge in [-0.1, -0.05) is 18.2 Å². The van der Waals surface area contributed by atoms with Gasteiger partial charge in [0.05, 0.1) is 20.1 Å². The van der Waals surface area contributed by atoms with Gasteiger partial charge in [0.15, 0.2) is 6.20 Å². The maximum Gasteiger partial charge on any atom is 0.530 e. The number of ether oxygens (including phenoxy) is 1. The van der Waals surface area contributed by atoms with Crippen LogP contribution in [0.3, 0.4) is 0 Å². The summed E-state index contributed by atoms with van der Waals surface area (Å²) in [4.78, 5) is 25.6. The number of alkyl halides is 1. The number of hydrogen-bond donors (Lipinski definition) is 3. The summed E-state index contributed by atoms with van der Waals surface area (Å²) in [5.41, 5.74) is -1.07. The average molecular weight is 459 g/mol. The number of aliphatic hydroxyl groups is 2. The van der Waals surface area contributed by atoms with Gasteiger partial charge in [-0.2, -0.15) is 0 Å². The fourth-order valence-electron chi connectivity index (χ4n) is 3.24. The Morgan fingerprint density at radius 3 is 3.00 bits per heavy atom. The quantitative estimate of drug-likeness (QED) is 0.557. The van der Waals surface area contributed by atoms with Crippen LogP contribution in [0.1, 0.15) is 30.7 Å². The van der Waals surface area contributed by atoms with Gasteiger partial charge in [-0.3, -0.25) is 23.4 Å². The maximum absolute atomic E-state index is 15.3. The van der Waals surface area contributed by atoms with E-state index in [0.717, 1.165) is 6.20 Å². The maximum atomic E-state index is 15.3. The van der Waals surface area contributed by atoms with Crippen molar-refractivity contribution in [1.29, 1.82) is 0 Å². The molecule has 11 nitrogen and oxygen atoms in total. The van der Waals surface area contributed by atoms with Crippen LogP contribution in [0.2, 0.25) is 0 Å². The van der Waals surface area contributed by atoms with Crippen molar-refractivity contribution in [2.75, 3.05) is 6.61 Å². The second-order valence-electron chi connectivity index (χ2n) is 7.13. The monoisotopic (exact) mass is 459 g/mol. The van der Waals surface area contributed by atoms with Crippen molar-refractivity contribution in [1.82, 2.24) is 9.55 Å². The Morgan fingerprint density at radius 2 is 2.26 bits per heavy atom. The minimum Gasteiger partial charge on any atom is -0.403 e. The molecule has 4 rings (SSSR count). The van der Waals surface area contributed by atoms with E-state index in [9.17, 15) is 24.4 Å². The number of hydrogen-bond acceptors (Lipinski definition) is 9. The number of phosphoric acid groups is 1. The molecule has 31 heavy (non-hydrogen) atoms. The normalized spacial score (nSPS) is 32.9. The van der Waals surface area contributed by atoms with E-state index in [1.807, 2.05) is 4.98 Å². The first-order valence-electron chi connectivity index (χ1n) is 9.69. The molecule has 2 aromatic rings. The first-order valence-corrected chi connectivity index (χ1v) is 10.7. The van der Waals surface area contributed by atoms with Gasteiger partial charge in [0.1, 0.15) is 18.5 Å². The van der Waals surface area contributed by atoms with E-state index in [4.69, 9.17) is 19.7 Å². The predicted octanol–water partition coefficient (Wildman–Crippen LogP) is 1.02. The third kappa shape index (κ3) is 4.22. The number of aromatic amines is 1. The number of fused-ring (bicyclic) bond motifs is 1. The zero-order valence-corrected chi connectivity index (χ0v) is 17.1. The fraction of sp³-hybridized carbons (Fsp3) is 0.444. The number of H-pyrrole nitrogens is 1. The van der Waals surface area contributed by atoms with E-state index in [1.54, 1.807) is 25.1 Å². The van der Waals surface area contributed by atoms with Crippen LogP contribution < -0.4 is 15.8 Å². The highest BCUT2D eigenvalue weighted by molar-refractivity contribution is 7.49. The summed E-state index contributed by atoms with van der Waals surface area (Å²) in [6, 6.07) is 5.19. The van der Waals surface area contributed by atoms with Crippen molar-refractivity contribution in [3.8, 4) is 5.75 Å². The third-order valence-corrected chi connectivity index (χ3v) is 6.10. The summed E-state index contributed by atoms with van der Waals surface area (Å²) in [6.07, 6.45) is -4.62. The molecule has 1 aromatic heterocycles. The molecule has 13 heteroatoms. The summed E-state index contributed by atoms with van der Waals surface area (Å²) in [6.45, 7) is -0.201. The Hall–Kier alpha value is -2.34. The number of aryl methyl sites for hydroxylation is 1. The second-order valence-corrected chi connectivity index (χ2v) is 8.73. The largest absolute Gasteiger partial charge is 0.530 e. The Labute approximate surface area is 176 Å². The SMILES string of the molecule is [2H][C@@]1(n2cc(CO)c(=O)[nH]c2=O)O[C@](F)(COP2(=O)OCc3cccc(C)c3O2)C[C@H]1O. The summed E-state index contributed by atoms with van der Waals surface area (Å²) < 4.78 is 57.5. The van der Waals surface area contributed by atoms with Gasteiger partial charge in [0.25, 0.3) is 5.56 Å². The van der Waals surface area contributed by atoms with E-state index in [1.165, 1.54) is 0 Å². The Kier molecular flexibility index (Phi) is 5.29. The predicted molar refractivity (Wildman–Crippen MR) is 102 cm³/mol. The molecular weight excluding hydrogens is 438 g/mol. The van der Waals surface area contributed by atoms with Gasteiger partial charge >= 0.3 is 13.5 Å². The molecule has 2 aliphatic rings. The summed E-state index contributed by atoms with van der Waals surface area (Å²) in [7, 11) is -4.24. The standard InChI is InChI=1S/C18H20FN2O9P/c1-10-3-2-4-11-8-27-31(26,30-14(10)11)28-9-18(19)5-13(23)16(29-18)21-6-12(7-22)15(24)20-17(21)25/h2-4,6,13,16,22-23H,5,7-9H2,1H3,(H,20,24,25)/t13-,16-,18+,31?/m1/s1/i16D. The van der Waals surface area contributed by atoms with Crippen molar-refractivity contribution in [3.63, 3.8) is 0 Å². The highest BCUT2D eigenvalue weighted by atomic mass is 31.2. The van der Waals surface area contributed by atoms with Gasteiger partial charge in [-0.05, 0) is 12.5 Å². The van der Waals surface area contributed by atoms with Crippen LogP contribution in [0.5, 0.6) is 5.75 Å². The van der Waals surface area contributed by atoms with Crippen molar-refractivity contribution in [2.24, 2.45) is 0 Å². The highest BCUT2D eigenvalue weighted by Gasteiger charge is 2.50. The fourth-order valence-corrected chi connectivity index (χ4v) is 4.55. The number of para-hydroxylation sites is 1. The van der Waals surface area contributed by atoms with Gasteiger partial charge < -0.3 is 19.5 Å². The first-order chi connectivity index (χ1) is 15.0. The average Bonchev–Trinajstić information content (AvgIpc) is 2.97. The number of halogens is 1. The molecule has 3 heterocycles. The van der Waals surface area contributed by atoms with Gasteiger partial charge in [0, 0.05) is 18.2 Å². The second kappa shape index (κ2) is 7.97. The molecule has 3 N–H and O–H groups in total. The highest BCUT2D eigenvalue weighted by Crippen LogP contribution is 2.56. The summed E-state index contributed by atoms with van der Waals surface area (Å²) in [5.74, 6) is -2.57. The molecule has 0 bridgehead atoms. The van der Waals surface area contributed by atoms with E-state index in [-0.39, 0.29) is 17.9 Å². The molecular formula is C18H20FN2O9P. The number of nitrogens with zero attached hydrogens (tertiary/aromatic N) is 1. The van der Waals surface area contributed by atoms with E-state index in [2.05, 4.69) is 0 Å². The van der Waals surface area contributed by atoms with Crippen molar-refractivity contribution >= 4 is 7.82 Å². The van der Waals surface area contributed by atoms with Crippen molar-refractivity contribution in [3.05, 3.63) is 61.9 Å². The van der Waals surface area contributed by atoms with Gasteiger partial charge in [0.2, 0.25) is 5.85 Å². The van der Waals surface area contributed by atoms with Crippen LogP contribution in [0.15, 0.2) is 34.0 Å². The smallest absolute Gasteiger partial charge is 0.403 e. The topological polar surface area (TPSA) is 149 Å². The molecule has 0 saturated carbocycles. The molecule has 1 saturated heterocycles. The molecule has 1 fully saturated rings. The first kappa shape index (κ1) is 20.6. The number of benzene rings is 1. The minimum absolute atomic E-state index is 0.101. The number of phosphoric ester groups is 1. The lowest BCUT2D eigenvalue weighted by molar-refractivity contribution is -0.179. The molecule has 0 radical (unpaired) electrons. The zero-order chi connectivity index (χ0) is 23.3. The molecule has 0 amide bonds. The molecule has 1 aromatic carbocycles. The van der Waals surface area contributed by atoms with E-state index >= 15 is 4.39 Å². The molecule has 168 valence electrons. The summed E-state index contributed by atoms with van der Waals surface area (Å²) >= 11 is 0. The van der Waals surface area contributed by atoms with Crippen molar-refractivity contribution < 1.29 is 38.8 Å². The molecule has 0 aliphatic carbocycles. The van der Waals surface area contributed by atoms with Crippen LogP contribution in [-0.2, 0) is 31.6 Å². The third-order valence-electron chi connectivity index (χ3n) is 4.81. The number of rotatable bonds is 5. The Balaban J connectivity index is 1.54. The Morgan fingerprint density at radius 1 is 1.48 bits per heavy atom. The van der Waals surface area contributed by atoms with Crippen LogP contribution >= 0.6 is 7.82 Å². The molecule has 0 spiro atoms. The lowest BCUT2D eigenvalue weighted by atomic mass is 10.1. The Bertz CT molecular complexity index is 1220. The molecule has 1 unspecified atom stereocenters. The number of aliphatic hydroxyl groups excluding tert-OH is 2. The van der Waals surface area contributed by atoms with Crippen LogP contribution in [-0.4, -0.2) is 38.3 Å². The van der Waals surface area contributed by atoms with Crippen LogP contribution in [0.4, 0.5) is 4.39 Å². The minimum atomic E-state index is -4.24. The van der Waals surface area contributed by atoms with Gasteiger partial charge in [-0.25, -0.2) is 13.8 Å². The van der Waals surface area contributed by atoms with Gasteiger partial charge in [-0.15, -0.1) is 0 Å². The zero-order valence-electron chi connectivity index (χ0n) is 17.2. The van der Waals surface area contributed by atoms with Crippen LogP contribution in [0.25, 0.3) is 0 Å². The molecule has 4 atom stereocenters. The van der Waals surface area contributed by atoms with E-state index < -0.39 is 56.9 Å². The summed E-state index contributed by atoms with van der Waals surface area (Å²) in [5, 5.41) is 19.5. The van der Waals surface area contributed by atoms with Crippen LogP contribution in [0, 0.1) is 6.92 Å². The number of aromatic nitrogens is 2. The number of nitrogens with one attached hydrogen (secondary N) is 1. The van der Waals surface area contributed by atoms with E-state index in [0.29, 0.717) is 15.7 Å². The van der Waals surface area contributed by atoms with Crippen molar-refractivity contribution in [2.45, 2.75) is 44.7 Å². The molecule has 2 aliphatic heterocycles.